The van der Waals surface area contributed by atoms with Crippen molar-refractivity contribution in [2.24, 2.45) is 11.8 Å². The van der Waals surface area contributed by atoms with Crippen LogP contribution in [-0.2, 0) is 4.79 Å². The van der Waals surface area contributed by atoms with E-state index >= 15 is 0 Å². The summed E-state index contributed by atoms with van der Waals surface area (Å²) in [5.74, 6) is 0.468. The molecule has 0 bridgehead atoms. The molecule has 1 rings (SSSR count). The number of carbonyl (C=O) groups is 1. The number of ketones is 1. The van der Waals surface area contributed by atoms with Crippen LogP contribution in [0, 0.1) is 11.8 Å². The Balaban J connectivity index is 2.68. The lowest BCUT2D eigenvalue weighted by Gasteiger charge is -2.35. The van der Waals surface area contributed by atoms with Crippen LogP contribution in [0.1, 0.15) is 46.5 Å². The summed E-state index contributed by atoms with van der Waals surface area (Å²) < 4.78 is 0. The van der Waals surface area contributed by atoms with Crippen molar-refractivity contribution in [3.05, 3.63) is 0 Å². The molecule has 2 heteroatoms. The molecule has 0 aliphatic heterocycles. The van der Waals surface area contributed by atoms with E-state index in [4.69, 9.17) is 0 Å². The maximum absolute atomic E-state index is 11.7. The van der Waals surface area contributed by atoms with E-state index < -0.39 is 5.60 Å². The lowest BCUT2D eigenvalue weighted by Crippen LogP contribution is -2.44. The van der Waals surface area contributed by atoms with Gasteiger partial charge in [0, 0.05) is 5.92 Å². The van der Waals surface area contributed by atoms with E-state index in [1.807, 2.05) is 13.8 Å². The van der Waals surface area contributed by atoms with Crippen LogP contribution in [0.3, 0.4) is 0 Å². The number of Topliss-reactive ketones (excluding diaryl/α,β-unsaturated/α-hetero) is 1. The maximum Gasteiger partial charge on any atom is 0.166 e. The molecule has 1 aliphatic carbocycles. The van der Waals surface area contributed by atoms with Gasteiger partial charge in [0.25, 0.3) is 0 Å². The zero-order valence-corrected chi connectivity index (χ0v) is 8.84. The molecular formula is C11H20O2. The molecule has 0 radical (unpaired) electrons. The van der Waals surface area contributed by atoms with Gasteiger partial charge in [0.1, 0.15) is 5.60 Å². The van der Waals surface area contributed by atoms with Gasteiger partial charge >= 0.3 is 0 Å². The maximum atomic E-state index is 11.7. The summed E-state index contributed by atoms with van der Waals surface area (Å²) in [6.07, 6.45) is 3.45. The first-order valence-electron chi connectivity index (χ1n) is 5.22. The molecule has 76 valence electrons. The number of carbonyl (C=O) groups excluding carboxylic acids is 1. The van der Waals surface area contributed by atoms with Crippen molar-refractivity contribution < 1.29 is 9.90 Å². The molecule has 13 heavy (non-hydrogen) atoms. The van der Waals surface area contributed by atoms with E-state index in [0.29, 0.717) is 18.8 Å². The molecule has 0 saturated heterocycles. The van der Waals surface area contributed by atoms with Crippen LogP contribution in [-0.4, -0.2) is 16.5 Å². The van der Waals surface area contributed by atoms with Crippen molar-refractivity contribution in [1.82, 2.24) is 0 Å². The van der Waals surface area contributed by atoms with Crippen molar-refractivity contribution in [3.63, 3.8) is 0 Å². The zero-order chi connectivity index (χ0) is 10.1. The third-order valence-electron chi connectivity index (χ3n) is 2.96. The van der Waals surface area contributed by atoms with Gasteiger partial charge in [-0.1, -0.05) is 27.2 Å². The highest BCUT2D eigenvalue weighted by Gasteiger charge is 2.40. The summed E-state index contributed by atoms with van der Waals surface area (Å²) in [4.78, 5) is 11.7. The smallest absolute Gasteiger partial charge is 0.166 e. The van der Waals surface area contributed by atoms with Gasteiger partial charge in [-0.3, -0.25) is 4.79 Å². The predicted molar refractivity (Wildman–Crippen MR) is 52.4 cm³/mol. The van der Waals surface area contributed by atoms with E-state index in [-0.39, 0.29) is 11.7 Å². The second-order valence-corrected chi connectivity index (χ2v) is 4.75. The van der Waals surface area contributed by atoms with Crippen molar-refractivity contribution in [3.8, 4) is 0 Å². The molecule has 0 aromatic rings. The standard InChI is InChI=1S/C11H20O2/c1-8(2)10(12)11(13)6-4-5-9(3)7-11/h8-9,13H,4-7H2,1-3H3. The van der Waals surface area contributed by atoms with Crippen LogP contribution in [0.2, 0.25) is 0 Å². The van der Waals surface area contributed by atoms with E-state index in [0.717, 1.165) is 12.8 Å². The van der Waals surface area contributed by atoms with Gasteiger partial charge in [0.2, 0.25) is 0 Å². The fraction of sp³-hybridized carbons (Fsp3) is 0.909. The predicted octanol–water partition coefficient (Wildman–Crippen LogP) is 2.15. The summed E-state index contributed by atoms with van der Waals surface area (Å²) >= 11 is 0. The lowest BCUT2D eigenvalue weighted by atomic mass is 9.74. The Hall–Kier alpha value is -0.370. The summed E-state index contributed by atoms with van der Waals surface area (Å²) in [5.41, 5.74) is -1.01. The number of hydrogen-bond donors (Lipinski definition) is 1. The Bertz CT molecular complexity index is 198. The molecule has 0 heterocycles. The summed E-state index contributed by atoms with van der Waals surface area (Å²) in [6, 6.07) is 0. The van der Waals surface area contributed by atoms with Crippen LogP contribution in [0.25, 0.3) is 0 Å². The highest BCUT2D eigenvalue weighted by atomic mass is 16.3. The van der Waals surface area contributed by atoms with Crippen LogP contribution in [0.4, 0.5) is 0 Å². The molecule has 0 aromatic heterocycles. The molecule has 0 spiro atoms. The Morgan fingerprint density at radius 2 is 2.15 bits per heavy atom. The summed E-state index contributed by atoms with van der Waals surface area (Å²) in [5, 5.41) is 10.1. The lowest BCUT2D eigenvalue weighted by molar-refractivity contribution is -0.145. The molecular weight excluding hydrogens is 164 g/mol. The highest BCUT2D eigenvalue weighted by Crippen LogP contribution is 2.34. The molecule has 0 aromatic carbocycles. The van der Waals surface area contributed by atoms with E-state index in [1.54, 1.807) is 0 Å². The van der Waals surface area contributed by atoms with Crippen molar-refractivity contribution in [1.29, 1.82) is 0 Å². The molecule has 1 saturated carbocycles. The summed E-state index contributed by atoms with van der Waals surface area (Å²) in [7, 11) is 0. The minimum Gasteiger partial charge on any atom is -0.382 e. The van der Waals surface area contributed by atoms with Crippen LogP contribution < -0.4 is 0 Å². The van der Waals surface area contributed by atoms with Crippen LogP contribution >= 0.6 is 0 Å². The first-order chi connectivity index (χ1) is 5.96. The molecule has 2 atom stereocenters. The third kappa shape index (κ3) is 2.31. The first-order valence-corrected chi connectivity index (χ1v) is 5.22. The normalized spacial score (nSPS) is 35.0. The second-order valence-electron chi connectivity index (χ2n) is 4.75. The molecule has 2 unspecified atom stereocenters. The molecule has 2 nitrogen and oxygen atoms in total. The quantitative estimate of drug-likeness (QED) is 0.714. The number of hydrogen-bond acceptors (Lipinski definition) is 2. The number of rotatable bonds is 2. The Morgan fingerprint density at radius 3 is 2.62 bits per heavy atom. The van der Waals surface area contributed by atoms with Crippen molar-refractivity contribution >= 4 is 5.78 Å². The van der Waals surface area contributed by atoms with Crippen LogP contribution in [0.5, 0.6) is 0 Å². The van der Waals surface area contributed by atoms with E-state index in [2.05, 4.69) is 6.92 Å². The minimum absolute atomic E-state index is 0.0269. The Kier molecular flexibility index (Phi) is 3.12. The first kappa shape index (κ1) is 10.7. The Morgan fingerprint density at radius 1 is 1.54 bits per heavy atom. The average molecular weight is 184 g/mol. The van der Waals surface area contributed by atoms with E-state index in [1.165, 1.54) is 0 Å². The minimum atomic E-state index is -1.01. The van der Waals surface area contributed by atoms with Gasteiger partial charge in [-0.2, -0.15) is 0 Å². The molecule has 0 amide bonds. The van der Waals surface area contributed by atoms with Gasteiger partial charge in [0.15, 0.2) is 5.78 Å². The second kappa shape index (κ2) is 3.79. The fourth-order valence-electron chi connectivity index (χ4n) is 2.28. The topological polar surface area (TPSA) is 37.3 Å². The number of aliphatic hydroxyl groups is 1. The van der Waals surface area contributed by atoms with Gasteiger partial charge in [-0.05, 0) is 25.2 Å². The molecule has 1 aliphatic rings. The molecule has 1 N–H and O–H groups in total. The monoisotopic (exact) mass is 184 g/mol. The Labute approximate surface area is 80.3 Å². The van der Waals surface area contributed by atoms with Gasteiger partial charge in [0.05, 0.1) is 0 Å². The van der Waals surface area contributed by atoms with Crippen molar-refractivity contribution in [2.75, 3.05) is 0 Å². The molecule has 1 fully saturated rings. The van der Waals surface area contributed by atoms with Gasteiger partial charge < -0.3 is 5.11 Å². The largest absolute Gasteiger partial charge is 0.382 e. The van der Waals surface area contributed by atoms with Crippen molar-refractivity contribution in [2.45, 2.75) is 52.1 Å². The third-order valence-corrected chi connectivity index (χ3v) is 2.96. The average Bonchev–Trinajstić information content (AvgIpc) is 2.02. The SMILES string of the molecule is CC1CCCC(O)(C(=O)C(C)C)C1. The highest BCUT2D eigenvalue weighted by molar-refractivity contribution is 5.88. The summed E-state index contributed by atoms with van der Waals surface area (Å²) in [6.45, 7) is 5.83. The van der Waals surface area contributed by atoms with E-state index in [9.17, 15) is 9.90 Å². The van der Waals surface area contributed by atoms with Crippen LogP contribution in [0.15, 0.2) is 0 Å². The zero-order valence-electron chi connectivity index (χ0n) is 8.84. The van der Waals surface area contributed by atoms with Gasteiger partial charge in [-0.25, -0.2) is 0 Å². The van der Waals surface area contributed by atoms with Gasteiger partial charge in [-0.15, -0.1) is 0 Å². The fourth-order valence-corrected chi connectivity index (χ4v) is 2.28.